The summed E-state index contributed by atoms with van der Waals surface area (Å²) in [7, 11) is 0. The van der Waals surface area contributed by atoms with Crippen LogP contribution in [-0.4, -0.2) is 28.1 Å². The fraction of sp³-hybridized carbons (Fsp3) is 0.333. The van der Waals surface area contributed by atoms with Crippen molar-refractivity contribution in [1.29, 1.82) is 0 Å². The summed E-state index contributed by atoms with van der Waals surface area (Å²) in [5, 5.41) is 10.8. The second kappa shape index (κ2) is 3.92. The van der Waals surface area contributed by atoms with Crippen molar-refractivity contribution in [1.82, 2.24) is 20.3 Å². The number of benzene rings is 1. The minimum atomic E-state index is -1.36. The van der Waals surface area contributed by atoms with E-state index in [4.69, 9.17) is 0 Å². The topological polar surface area (TPSA) is 42.7 Å². The van der Waals surface area contributed by atoms with Gasteiger partial charge < -0.3 is 5.32 Å². The average Bonchev–Trinajstić information content (AvgIpc) is 2.99. The lowest BCUT2D eigenvalue weighted by Crippen LogP contribution is -2.26. The van der Waals surface area contributed by atoms with Crippen molar-refractivity contribution in [3.05, 3.63) is 42.2 Å². The van der Waals surface area contributed by atoms with Gasteiger partial charge in [0.05, 0.1) is 11.9 Å². The summed E-state index contributed by atoms with van der Waals surface area (Å²) < 4.78 is 16.2. The molecule has 0 amide bonds. The Bertz CT molecular complexity index is 502. The molecule has 2 heterocycles. The monoisotopic (exact) mass is 232 g/mol. The SMILES string of the molecule is FC1(c2cnnn2-c2ccccc2)CCNC1. The van der Waals surface area contributed by atoms with Gasteiger partial charge in [-0.2, -0.15) is 0 Å². The van der Waals surface area contributed by atoms with E-state index in [0.29, 0.717) is 25.2 Å². The Morgan fingerprint density at radius 2 is 2.12 bits per heavy atom. The van der Waals surface area contributed by atoms with Crippen LogP contribution in [0.1, 0.15) is 12.1 Å². The predicted molar refractivity (Wildman–Crippen MR) is 61.6 cm³/mol. The first-order valence-electron chi connectivity index (χ1n) is 5.66. The van der Waals surface area contributed by atoms with Gasteiger partial charge in [-0.15, -0.1) is 5.10 Å². The number of aromatic nitrogens is 3. The van der Waals surface area contributed by atoms with E-state index in [9.17, 15) is 4.39 Å². The van der Waals surface area contributed by atoms with Gasteiger partial charge >= 0.3 is 0 Å². The number of nitrogens with zero attached hydrogens (tertiary/aromatic N) is 3. The molecule has 0 saturated carbocycles. The highest BCUT2D eigenvalue weighted by Crippen LogP contribution is 2.32. The molecule has 1 aliphatic heterocycles. The van der Waals surface area contributed by atoms with Gasteiger partial charge in [-0.3, -0.25) is 0 Å². The number of hydrogen-bond donors (Lipinski definition) is 1. The predicted octanol–water partition coefficient (Wildman–Crippen LogP) is 1.43. The molecule has 4 nitrogen and oxygen atoms in total. The second-order valence-corrected chi connectivity index (χ2v) is 4.26. The van der Waals surface area contributed by atoms with Crippen molar-refractivity contribution in [3.8, 4) is 5.69 Å². The van der Waals surface area contributed by atoms with Crippen molar-refractivity contribution < 1.29 is 4.39 Å². The van der Waals surface area contributed by atoms with Gasteiger partial charge in [0.25, 0.3) is 0 Å². The third kappa shape index (κ3) is 1.72. The normalized spacial score (nSPS) is 24.1. The summed E-state index contributed by atoms with van der Waals surface area (Å²) in [4.78, 5) is 0. The van der Waals surface area contributed by atoms with Crippen LogP contribution in [-0.2, 0) is 5.67 Å². The van der Waals surface area contributed by atoms with E-state index < -0.39 is 5.67 Å². The van der Waals surface area contributed by atoms with Crippen LogP contribution >= 0.6 is 0 Å². The number of rotatable bonds is 2. The van der Waals surface area contributed by atoms with E-state index >= 15 is 0 Å². The smallest absolute Gasteiger partial charge is 0.167 e. The molecular weight excluding hydrogens is 219 g/mol. The molecule has 88 valence electrons. The molecule has 1 saturated heterocycles. The minimum absolute atomic E-state index is 0.327. The first-order valence-corrected chi connectivity index (χ1v) is 5.66. The number of para-hydroxylation sites is 1. The van der Waals surface area contributed by atoms with Crippen LogP contribution in [0, 0.1) is 0 Å². The molecule has 1 unspecified atom stereocenters. The van der Waals surface area contributed by atoms with Gasteiger partial charge in [-0.05, 0) is 18.7 Å². The number of nitrogens with one attached hydrogen (secondary N) is 1. The molecule has 0 radical (unpaired) electrons. The molecule has 0 bridgehead atoms. The van der Waals surface area contributed by atoms with E-state index in [1.54, 1.807) is 4.68 Å². The standard InChI is InChI=1S/C12H13FN4/c13-12(6-7-14-9-12)11-8-15-16-17(11)10-4-2-1-3-5-10/h1-5,8,14H,6-7,9H2. The fourth-order valence-corrected chi connectivity index (χ4v) is 2.18. The summed E-state index contributed by atoms with van der Waals surface area (Å²) in [6.07, 6.45) is 1.98. The Morgan fingerprint density at radius 1 is 1.29 bits per heavy atom. The fourth-order valence-electron chi connectivity index (χ4n) is 2.18. The first-order chi connectivity index (χ1) is 8.30. The van der Waals surface area contributed by atoms with E-state index in [0.717, 1.165) is 5.69 Å². The molecule has 1 fully saturated rings. The maximum Gasteiger partial charge on any atom is 0.167 e. The zero-order valence-electron chi connectivity index (χ0n) is 9.31. The number of halogens is 1. The highest BCUT2D eigenvalue weighted by molar-refractivity contribution is 5.33. The molecular formula is C12H13FN4. The van der Waals surface area contributed by atoms with Crippen LogP contribution in [0.2, 0.25) is 0 Å². The van der Waals surface area contributed by atoms with Crippen molar-refractivity contribution in [2.45, 2.75) is 12.1 Å². The quantitative estimate of drug-likeness (QED) is 0.851. The van der Waals surface area contributed by atoms with Gasteiger partial charge in [0.15, 0.2) is 5.67 Å². The molecule has 1 atom stereocenters. The lowest BCUT2D eigenvalue weighted by Gasteiger charge is -2.18. The highest BCUT2D eigenvalue weighted by Gasteiger charge is 2.39. The van der Waals surface area contributed by atoms with Crippen LogP contribution in [0.4, 0.5) is 4.39 Å². The molecule has 1 aromatic heterocycles. The highest BCUT2D eigenvalue weighted by atomic mass is 19.1. The van der Waals surface area contributed by atoms with Crippen LogP contribution in [0.15, 0.2) is 36.5 Å². The molecule has 2 aromatic rings. The van der Waals surface area contributed by atoms with Crippen molar-refractivity contribution >= 4 is 0 Å². The summed E-state index contributed by atoms with van der Waals surface area (Å²) in [5.74, 6) is 0. The molecule has 1 aliphatic rings. The Balaban J connectivity index is 2.05. The van der Waals surface area contributed by atoms with Crippen molar-refractivity contribution in [2.75, 3.05) is 13.1 Å². The largest absolute Gasteiger partial charge is 0.313 e. The molecule has 1 aromatic carbocycles. The minimum Gasteiger partial charge on any atom is -0.313 e. The van der Waals surface area contributed by atoms with E-state index in [2.05, 4.69) is 15.6 Å². The zero-order chi connectivity index (χ0) is 11.7. The van der Waals surface area contributed by atoms with Crippen molar-refractivity contribution in [2.24, 2.45) is 0 Å². The Kier molecular flexibility index (Phi) is 2.40. The number of alkyl halides is 1. The maximum atomic E-state index is 14.7. The Hall–Kier alpha value is -1.75. The summed E-state index contributed by atoms with van der Waals surface area (Å²) in [6.45, 7) is 1.02. The van der Waals surface area contributed by atoms with Gasteiger partial charge in [0.2, 0.25) is 0 Å². The summed E-state index contributed by atoms with van der Waals surface area (Å²) in [5.41, 5.74) is -0.00285. The van der Waals surface area contributed by atoms with Crippen molar-refractivity contribution in [3.63, 3.8) is 0 Å². The summed E-state index contributed by atoms with van der Waals surface area (Å²) in [6, 6.07) is 9.51. The lowest BCUT2D eigenvalue weighted by molar-refractivity contribution is 0.182. The van der Waals surface area contributed by atoms with Gasteiger partial charge in [-0.25, -0.2) is 9.07 Å². The molecule has 0 spiro atoms. The maximum absolute atomic E-state index is 14.7. The summed E-state index contributed by atoms with van der Waals surface area (Å²) >= 11 is 0. The number of hydrogen-bond acceptors (Lipinski definition) is 3. The molecule has 17 heavy (non-hydrogen) atoms. The second-order valence-electron chi connectivity index (χ2n) is 4.26. The zero-order valence-corrected chi connectivity index (χ0v) is 9.31. The average molecular weight is 232 g/mol. The van der Waals surface area contributed by atoms with Gasteiger partial charge in [0, 0.05) is 13.0 Å². The third-order valence-corrected chi connectivity index (χ3v) is 3.11. The molecule has 0 aliphatic carbocycles. The molecule has 5 heteroatoms. The van der Waals surface area contributed by atoms with Gasteiger partial charge in [-0.1, -0.05) is 23.4 Å². The van der Waals surface area contributed by atoms with Crippen LogP contribution < -0.4 is 5.32 Å². The lowest BCUT2D eigenvalue weighted by atomic mass is 10.0. The van der Waals surface area contributed by atoms with Crippen LogP contribution in [0.25, 0.3) is 5.69 Å². The third-order valence-electron chi connectivity index (χ3n) is 3.11. The van der Waals surface area contributed by atoms with Crippen LogP contribution in [0.3, 0.4) is 0 Å². The van der Waals surface area contributed by atoms with E-state index in [1.807, 2.05) is 30.3 Å². The Labute approximate surface area is 98.5 Å². The van der Waals surface area contributed by atoms with E-state index in [1.165, 1.54) is 6.20 Å². The molecule has 1 N–H and O–H groups in total. The Morgan fingerprint density at radius 3 is 2.82 bits per heavy atom. The molecule has 3 rings (SSSR count). The van der Waals surface area contributed by atoms with E-state index in [-0.39, 0.29) is 0 Å². The van der Waals surface area contributed by atoms with Gasteiger partial charge in [0.1, 0.15) is 5.69 Å². The first kappa shape index (κ1) is 10.4. The van der Waals surface area contributed by atoms with Crippen LogP contribution in [0.5, 0.6) is 0 Å².